The summed E-state index contributed by atoms with van der Waals surface area (Å²) in [6, 6.07) is 42.8. The van der Waals surface area contributed by atoms with E-state index in [0.717, 1.165) is 39.1 Å². The first-order valence-electron chi connectivity index (χ1n) is 19.7. The van der Waals surface area contributed by atoms with Crippen molar-refractivity contribution in [3.05, 3.63) is 168 Å². The Bertz CT molecular complexity index is 2280. The first kappa shape index (κ1) is 41.8. The minimum atomic E-state index is -0.823. The molecule has 10 heteroatoms. The van der Waals surface area contributed by atoms with Crippen LogP contribution in [0.2, 0.25) is 0 Å². The number of aromatic nitrogens is 1. The summed E-state index contributed by atoms with van der Waals surface area (Å²) in [4.78, 5) is 45.3. The number of rotatable bonds is 19. The Labute approximate surface area is 345 Å². The largest absolute Gasteiger partial charge is 0.497 e. The van der Waals surface area contributed by atoms with Gasteiger partial charge in [-0.1, -0.05) is 103 Å². The van der Waals surface area contributed by atoms with Crippen molar-refractivity contribution in [1.82, 2.24) is 15.6 Å². The highest BCUT2D eigenvalue weighted by atomic mass is 16.5. The predicted molar refractivity (Wildman–Crippen MR) is 230 cm³/mol. The van der Waals surface area contributed by atoms with Gasteiger partial charge in [-0.25, -0.2) is 0 Å². The molecule has 0 aliphatic rings. The van der Waals surface area contributed by atoms with Gasteiger partial charge in [-0.05, 0) is 77.9 Å². The van der Waals surface area contributed by atoms with Gasteiger partial charge in [0.25, 0.3) is 5.91 Å². The van der Waals surface area contributed by atoms with E-state index in [1.807, 2.05) is 110 Å². The van der Waals surface area contributed by atoms with Gasteiger partial charge in [0, 0.05) is 42.3 Å². The average Bonchev–Trinajstić information content (AvgIpc) is 3.28. The van der Waals surface area contributed by atoms with Gasteiger partial charge in [-0.2, -0.15) is 0 Å². The highest BCUT2D eigenvalue weighted by Gasteiger charge is 2.29. The Morgan fingerprint density at radius 3 is 1.97 bits per heavy atom. The van der Waals surface area contributed by atoms with Crippen LogP contribution in [-0.4, -0.2) is 56.0 Å². The molecule has 1 unspecified atom stereocenters. The molecule has 6 aromatic rings. The van der Waals surface area contributed by atoms with Crippen molar-refractivity contribution in [2.24, 2.45) is 11.7 Å². The normalized spacial score (nSPS) is 12.4. The van der Waals surface area contributed by atoms with Gasteiger partial charge in [-0.3, -0.25) is 19.4 Å². The molecule has 0 saturated carbocycles. The molecular weight excluding hydrogens is 741 g/mol. The molecule has 0 bridgehead atoms. The predicted octanol–water partition coefficient (Wildman–Crippen LogP) is 7.54. The smallest absolute Gasteiger partial charge is 0.257 e. The number of likely N-dealkylation sites (N-methyl/N-ethyl adjacent to an activating group) is 1. The van der Waals surface area contributed by atoms with Crippen molar-refractivity contribution in [1.29, 1.82) is 0 Å². The number of ether oxygens (including phenoxy) is 3. The lowest BCUT2D eigenvalue weighted by Crippen LogP contribution is -2.40. The summed E-state index contributed by atoms with van der Waals surface area (Å²) in [5.74, 6) is -0.00279. The van der Waals surface area contributed by atoms with Crippen LogP contribution in [0.15, 0.2) is 146 Å². The van der Waals surface area contributed by atoms with Crippen molar-refractivity contribution in [2.45, 2.75) is 38.3 Å². The number of nitrogens with two attached hydrogens (primary N) is 1. The lowest BCUT2D eigenvalue weighted by molar-refractivity contribution is -0.130. The quantitative estimate of drug-likeness (QED) is 0.0765. The van der Waals surface area contributed by atoms with E-state index in [-0.39, 0.29) is 37.0 Å². The fourth-order valence-electron chi connectivity index (χ4n) is 6.90. The van der Waals surface area contributed by atoms with E-state index in [1.54, 1.807) is 44.7 Å². The molecule has 0 aliphatic carbocycles. The molecule has 0 spiro atoms. The number of pyridine rings is 1. The molecule has 5 aromatic carbocycles. The van der Waals surface area contributed by atoms with Gasteiger partial charge in [0.2, 0.25) is 5.91 Å². The Kier molecular flexibility index (Phi) is 14.6. The van der Waals surface area contributed by atoms with Crippen LogP contribution in [0.25, 0.3) is 22.4 Å². The number of amides is 2. The van der Waals surface area contributed by atoms with Gasteiger partial charge in [0.15, 0.2) is 12.4 Å². The summed E-state index contributed by atoms with van der Waals surface area (Å²) in [6.45, 7) is 2.22. The van der Waals surface area contributed by atoms with Gasteiger partial charge < -0.3 is 30.6 Å². The van der Waals surface area contributed by atoms with Crippen molar-refractivity contribution in [3.8, 4) is 39.6 Å². The summed E-state index contributed by atoms with van der Waals surface area (Å²) in [6.07, 6.45) is 2.24. The zero-order valence-electron chi connectivity index (χ0n) is 33.6. The maximum absolute atomic E-state index is 14.7. The molecule has 0 radical (unpaired) electrons. The summed E-state index contributed by atoms with van der Waals surface area (Å²) in [5, 5.41) is 5.96. The molecule has 302 valence electrons. The lowest BCUT2D eigenvalue weighted by Gasteiger charge is -2.26. The highest BCUT2D eigenvalue weighted by molar-refractivity contribution is 5.90. The van der Waals surface area contributed by atoms with Crippen molar-refractivity contribution in [2.75, 3.05) is 27.4 Å². The molecule has 2 amide bonds. The zero-order chi connectivity index (χ0) is 41.6. The number of Topliss-reactive ketones (excluding diaryl/α,β-unsaturated/α-hetero) is 1. The number of carbonyl (C=O) groups excluding carboxylic acids is 3. The molecule has 4 N–H and O–H groups in total. The molecule has 0 saturated heterocycles. The van der Waals surface area contributed by atoms with Crippen LogP contribution >= 0.6 is 0 Å². The first-order valence-corrected chi connectivity index (χ1v) is 19.7. The Balaban J connectivity index is 1.26. The monoisotopic (exact) mass is 790 g/mol. The highest BCUT2D eigenvalue weighted by Crippen LogP contribution is 2.34. The van der Waals surface area contributed by atoms with Crippen LogP contribution in [0.1, 0.15) is 41.6 Å². The second-order valence-corrected chi connectivity index (χ2v) is 14.2. The molecule has 0 fully saturated rings. The molecule has 1 heterocycles. The van der Waals surface area contributed by atoms with Crippen molar-refractivity contribution >= 4 is 17.6 Å². The van der Waals surface area contributed by atoms with Crippen LogP contribution in [-0.2, 0) is 27.2 Å². The third-order valence-corrected chi connectivity index (χ3v) is 10.1. The second kappa shape index (κ2) is 20.6. The fourth-order valence-corrected chi connectivity index (χ4v) is 6.90. The maximum atomic E-state index is 14.7. The van der Waals surface area contributed by atoms with E-state index in [9.17, 15) is 14.4 Å². The minimum absolute atomic E-state index is 0.0887. The number of methoxy groups -OCH3 is 2. The van der Waals surface area contributed by atoms with Crippen LogP contribution in [0.3, 0.4) is 0 Å². The number of benzene rings is 5. The second-order valence-electron chi connectivity index (χ2n) is 14.2. The molecule has 6 rings (SSSR count). The SMILES string of the molecule is CCNC(=O)COc1ccc(C(NC(=O)[C@@H](CC(=O)[C@@H](N)Cc2ccc(-c3ccccc3)cc2)Cc2ccc(-c3ccccc3)nc2)c2ccc(OC)cc2OC)cc1. The fraction of sp³-hybridized carbons (Fsp3) is 0.224. The van der Waals surface area contributed by atoms with E-state index in [0.29, 0.717) is 35.8 Å². The number of hydrogen-bond donors (Lipinski definition) is 3. The average molecular weight is 791 g/mol. The van der Waals surface area contributed by atoms with E-state index in [2.05, 4.69) is 22.8 Å². The summed E-state index contributed by atoms with van der Waals surface area (Å²) in [7, 11) is 3.13. The van der Waals surface area contributed by atoms with Crippen LogP contribution in [0.4, 0.5) is 0 Å². The molecule has 10 nitrogen and oxygen atoms in total. The molecular formula is C49H50N4O6. The number of carbonyl (C=O) groups is 3. The standard InChI is InChI=1S/C49H50N4O6/c1-4-51-47(55)32-59-40-22-20-38(21-23-40)48(42-25-24-41(57-2)30-46(42)58-3)53-49(56)39(27-34-17-26-44(52-31-34)37-13-9-6-10-14-37)29-45(54)43(50)28-33-15-18-36(19-16-33)35-11-7-5-8-12-35/h5-26,30-31,39,43,48H,4,27-29,32,50H2,1-3H3,(H,51,55)(H,53,56)/t39-,43+,48?/m1/s1. The Morgan fingerprint density at radius 1 is 0.695 bits per heavy atom. The van der Waals surface area contributed by atoms with Gasteiger partial charge in [-0.15, -0.1) is 0 Å². The first-order chi connectivity index (χ1) is 28.7. The number of hydrogen-bond acceptors (Lipinski definition) is 8. The third-order valence-electron chi connectivity index (χ3n) is 10.1. The zero-order valence-corrected chi connectivity index (χ0v) is 33.6. The summed E-state index contributed by atoms with van der Waals surface area (Å²) >= 11 is 0. The number of nitrogens with zero attached hydrogens (tertiary/aromatic N) is 1. The van der Waals surface area contributed by atoms with Gasteiger partial charge in [0.1, 0.15) is 17.2 Å². The maximum Gasteiger partial charge on any atom is 0.257 e. The number of ketones is 1. The summed E-state index contributed by atoms with van der Waals surface area (Å²) < 4.78 is 17.0. The van der Waals surface area contributed by atoms with Crippen LogP contribution < -0.4 is 30.6 Å². The van der Waals surface area contributed by atoms with Crippen LogP contribution in [0, 0.1) is 5.92 Å². The Morgan fingerprint density at radius 2 is 1.34 bits per heavy atom. The third kappa shape index (κ3) is 11.4. The molecule has 3 atom stereocenters. The van der Waals surface area contributed by atoms with Crippen LogP contribution in [0.5, 0.6) is 17.2 Å². The van der Waals surface area contributed by atoms with E-state index in [4.69, 9.17) is 24.9 Å². The summed E-state index contributed by atoms with van der Waals surface area (Å²) in [5.41, 5.74) is 13.7. The number of nitrogens with one attached hydrogen (secondary N) is 2. The Hall–Kier alpha value is -6.78. The van der Waals surface area contributed by atoms with E-state index >= 15 is 0 Å². The molecule has 59 heavy (non-hydrogen) atoms. The van der Waals surface area contributed by atoms with E-state index in [1.165, 1.54) is 0 Å². The molecule has 1 aromatic heterocycles. The van der Waals surface area contributed by atoms with Gasteiger partial charge in [0.05, 0.1) is 32.0 Å². The van der Waals surface area contributed by atoms with Crippen molar-refractivity contribution in [3.63, 3.8) is 0 Å². The lowest BCUT2D eigenvalue weighted by atomic mass is 9.89. The minimum Gasteiger partial charge on any atom is -0.497 e. The van der Waals surface area contributed by atoms with Gasteiger partial charge >= 0.3 is 0 Å². The molecule has 0 aliphatic heterocycles. The van der Waals surface area contributed by atoms with Crippen molar-refractivity contribution < 1.29 is 28.6 Å². The van der Waals surface area contributed by atoms with E-state index < -0.39 is 18.0 Å². The topological polar surface area (TPSA) is 142 Å².